The third-order valence-corrected chi connectivity index (χ3v) is 8.20. The van der Waals surface area contributed by atoms with Gasteiger partial charge in [-0.25, -0.2) is 4.79 Å². The van der Waals surface area contributed by atoms with Gasteiger partial charge in [0.05, 0.1) is 24.6 Å². The molecule has 0 radical (unpaired) electrons. The van der Waals surface area contributed by atoms with Gasteiger partial charge in [-0.05, 0) is 24.0 Å². The standard InChI is InChI=1S/C27H34N2O4S/c1-3-11-22(25(30)33-16-4-2)27(32)24-23(19-34-27)28(17-20-12-7-5-8-13-20)26(31)29(24)18-21-14-9-6-10-15-21/h5-10,12-15,22-24,32H,3-4,11,16-19H2,1-2H3/t22?,23-,24-,27?/m0/s1. The van der Waals surface area contributed by atoms with Gasteiger partial charge in [0.25, 0.3) is 0 Å². The fraction of sp³-hybridized carbons (Fsp3) is 0.481. The van der Waals surface area contributed by atoms with Crippen LogP contribution >= 0.6 is 11.8 Å². The van der Waals surface area contributed by atoms with Crippen molar-refractivity contribution in [3.8, 4) is 0 Å². The Balaban J connectivity index is 1.69. The summed E-state index contributed by atoms with van der Waals surface area (Å²) in [7, 11) is 0. The van der Waals surface area contributed by atoms with Crippen LogP contribution in [0.15, 0.2) is 60.7 Å². The molecule has 6 nitrogen and oxygen atoms in total. The molecule has 2 unspecified atom stereocenters. The Labute approximate surface area is 206 Å². The number of benzene rings is 2. The monoisotopic (exact) mass is 482 g/mol. The predicted octanol–water partition coefficient (Wildman–Crippen LogP) is 4.67. The number of thioether (sulfide) groups is 1. The van der Waals surface area contributed by atoms with Crippen molar-refractivity contribution in [3.63, 3.8) is 0 Å². The minimum atomic E-state index is -1.40. The van der Waals surface area contributed by atoms with Crippen molar-refractivity contribution in [3.05, 3.63) is 71.8 Å². The average Bonchev–Trinajstić information content (AvgIpc) is 3.33. The Bertz CT molecular complexity index is 973. The minimum Gasteiger partial charge on any atom is -0.465 e. The quantitative estimate of drug-likeness (QED) is 0.394. The zero-order chi connectivity index (χ0) is 24.1. The van der Waals surface area contributed by atoms with Gasteiger partial charge in [-0.3, -0.25) is 4.79 Å². The number of amides is 2. The predicted molar refractivity (Wildman–Crippen MR) is 134 cm³/mol. The highest BCUT2D eigenvalue weighted by molar-refractivity contribution is 8.00. The van der Waals surface area contributed by atoms with E-state index in [1.165, 1.54) is 11.8 Å². The van der Waals surface area contributed by atoms with Gasteiger partial charge < -0.3 is 19.6 Å². The van der Waals surface area contributed by atoms with E-state index in [1.807, 2.05) is 79.4 Å². The molecule has 0 saturated carbocycles. The first-order chi connectivity index (χ1) is 16.5. The van der Waals surface area contributed by atoms with Crippen LogP contribution < -0.4 is 0 Å². The molecule has 2 aromatic carbocycles. The number of nitrogens with zero attached hydrogens (tertiary/aromatic N) is 2. The molecular weight excluding hydrogens is 448 g/mol. The summed E-state index contributed by atoms with van der Waals surface area (Å²) in [6, 6.07) is 19.0. The first-order valence-corrected chi connectivity index (χ1v) is 13.2. The van der Waals surface area contributed by atoms with Crippen LogP contribution in [0.3, 0.4) is 0 Å². The topological polar surface area (TPSA) is 70.1 Å². The minimum absolute atomic E-state index is 0.0985. The number of carbonyl (C=O) groups is 2. The number of ether oxygens (including phenoxy) is 1. The smallest absolute Gasteiger partial charge is 0.321 e. The van der Waals surface area contributed by atoms with Crippen molar-refractivity contribution < 1.29 is 19.4 Å². The molecule has 1 N–H and O–H groups in total. The number of hydrogen-bond donors (Lipinski definition) is 1. The van der Waals surface area contributed by atoms with Gasteiger partial charge in [-0.15, -0.1) is 11.8 Å². The maximum atomic E-state index is 13.8. The van der Waals surface area contributed by atoms with Crippen molar-refractivity contribution in [2.24, 2.45) is 5.92 Å². The van der Waals surface area contributed by atoms with E-state index >= 15 is 0 Å². The van der Waals surface area contributed by atoms with Gasteiger partial charge in [-0.1, -0.05) is 80.9 Å². The van der Waals surface area contributed by atoms with Gasteiger partial charge in [0.2, 0.25) is 0 Å². The van der Waals surface area contributed by atoms with E-state index in [0.29, 0.717) is 31.9 Å². The molecule has 2 amide bonds. The Kier molecular flexibility index (Phi) is 7.84. The van der Waals surface area contributed by atoms with Gasteiger partial charge in [0.1, 0.15) is 4.93 Å². The summed E-state index contributed by atoms with van der Waals surface area (Å²) in [5.74, 6) is -0.480. The van der Waals surface area contributed by atoms with Gasteiger partial charge in [0.15, 0.2) is 0 Å². The van der Waals surface area contributed by atoms with Crippen LogP contribution in [0.2, 0.25) is 0 Å². The van der Waals surface area contributed by atoms with Crippen molar-refractivity contribution in [2.45, 2.75) is 63.2 Å². The number of fused-ring (bicyclic) bond motifs is 1. The molecule has 0 bridgehead atoms. The van der Waals surface area contributed by atoms with E-state index < -0.39 is 16.9 Å². The Morgan fingerprint density at radius 2 is 1.62 bits per heavy atom. The van der Waals surface area contributed by atoms with Gasteiger partial charge in [-0.2, -0.15) is 0 Å². The van der Waals surface area contributed by atoms with Crippen molar-refractivity contribution >= 4 is 23.8 Å². The molecule has 34 heavy (non-hydrogen) atoms. The molecule has 182 valence electrons. The van der Waals surface area contributed by atoms with E-state index in [0.717, 1.165) is 24.0 Å². The van der Waals surface area contributed by atoms with Crippen LogP contribution in [-0.2, 0) is 22.6 Å². The molecule has 2 aromatic rings. The number of carbonyl (C=O) groups excluding carboxylic acids is 2. The normalized spacial score (nSPS) is 24.9. The third-order valence-electron chi connectivity index (χ3n) is 6.70. The Morgan fingerprint density at radius 3 is 2.18 bits per heavy atom. The molecule has 4 rings (SSSR count). The molecule has 2 heterocycles. The summed E-state index contributed by atoms with van der Waals surface area (Å²) in [4.78, 5) is 29.1. The van der Waals surface area contributed by atoms with E-state index in [9.17, 15) is 14.7 Å². The SMILES string of the molecule is CCCOC(=O)C(CCC)C1(O)SC[C@H]2[C@@H]1N(Cc1ccccc1)C(=O)N2Cc1ccccc1. The summed E-state index contributed by atoms with van der Waals surface area (Å²) in [5.41, 5.74) is 2.04. The molecule has 2 fully saturated rings. The van der Waals surface area contributed by atoms with Crippen molar-refractivity contribution in [1.82, 2.24) is 9.80 Å². The zero-order valence-corrected chi connectivity index (χ0v) is 20.7. The largest absolute Gasteiger partial charge is 0.465 e. The highest BCUT2D eigenvalue weighted by atomic mass is 32.2. The van der Waals surface area contributed by atoms with Crippen LogP contribution in [0.4, 0.5) is 4.79 Å². The molecule has 2 aliphatic heterocycles. The number of hydrogen-bond acceptors (Lipinski definition) is 5. The van der Waals surface area contributed by atoms with Crippen LogP contribution in [0.1, 0.15) is 44.2 Å². The molecule has 4 atom stereocenters. The van der Waals surface area contributed by atoms with Crippen LogP contribution in [0.5, 0.6) is 0 Å². The van der Waals surface area contributed by atoms with Crippen LogP contribution in [0, 0.1) is 5.92 Å². The molecule has 0 aromatic heterocycles. The fourth-order valence-corrected chi connectivity index (χ4v) is 6.76. The van der Waals surface area contributed by atoms with E-state index in [4.69, 9.17) is 4.74 Å². The first-order valence-electron chi connectivity index (χ1n) is 12.2. The van der Waals surface area contributed by atoms with Crippen LogP contribution in [-0.4, -0.2) is 56.3 Å². The van der Waals surface area contributed by atoms with Crippen molar-refractivity contribution in [2.75, 3.05) is 12.4 Å². The molecular formula is C27H34N2O4S. The second-order valence-electron chi connectivity index (χ2n) is 9.09. The summed E-state index contributed by atoms with van der Waals surface area (Å²) >= 11 is 1.40. The lowest BCUT2D eigenvalue weighted by atomic mass is 9.88. The highest BCUT2D eigenvalue weighted by Crippen LogP contribution is 2.51. The van der Waals surface area contributed by atoms with E-state index in [1.54, 1.807) is 4.90 Å². The van der Waals surface area contributed by atoms with Gasteiger partial charge in [0, 0.05) is 18.8 Å². The van der Waals surface area contributed by atoms with Crippen molar-refractivity contribution in [1.29, 1.82) is 0 Å². The molecule has 2 aliphatic rings. The third kappa shape index (κ3) is 4.82. The van der Waals surface area contributed by atoms with E-state index in [2.05, 4.69) is 0 Å². The lowest BCUT2D eigenvalue weighted by Crippen LogP contribution is -2.55. The zero-order valence-electron chi connectivity index (χ0n) is 19.9. The lowest BCUT2D eigenvalue weighted by molar-refractivity contribution is -0.156. The maximum Gasteiger partial charge on any atom is 0.321 e. The Morgan fingerprint density at radius 1 is 1.03 bits per heavy atom. The van der Waals surface area contributed by atoms with Gasteiger partial charge >= 0.3 is 12.0 Å². The lowest BCUT2D eigenvalue weighted by Gasteiger charge is -2.38. The first kappa shape index (κ1) is 24.6. The second-order valence-corrected chi connectivity index (χ2v) is 10.4. The fourth-order valence-electron chi connectivity index (χ4n) is 5.09. The number of esters is 1. The number of aliphatic hydroxyl groups is 1. The Hall–Kier alpha value is -2.51. The number of rotatable bonds is 10. The maximum absolute atomic E-state index is 13.8. The second kappa shape index (κ2) is 10.8. The molecule has 7 heteroatoms. The molecule has 0 aliphatic carbocycles. The summed E-state index contributed by atoms with van der Waals surface area (Å²) in [6.07, 6.45) is 1.99. The molecule has 0 spiro atoms. The summed E-state index contributed by atoms with van der Waals surface area (Å²) < 4.78 is 5.51. The summed E-state index contributed by atoms with van der Waals surface area (Å²) in [6.45, 7) is 5.15. The van der Waals surface area contributed by atoms with Crippen LogP contribution in [0.25, 0.3) is 0 Å². The van der Waals surface area contributed by atoms with E-state index in [-0.39, 0.29) is 18.0 Å². The number of urea groups is 1. The average molecular weight is 483 g/mol. The molecule has 2 saturated heterocycles. The highest BCUT2D eigenvalue weighted by Gasteiger charge is 2.64. The summed E-state index contributed by atoms with van der Waals surface area (Å²) in [5, 5.41) is 12.1.